The van der Waals surface area contributed by atoms with Crippen LogP contribution in [0.2, 0.25) is 0 Å². The number of hydrogen-bond acceptors (Lipinski definition) is 2. The molecule has 1 aliphatic carbocycles. The third kappa shape index (κ3) is 1.92. The Hall–Kier alpha value is -1.70. The first-order valence-electron chi connectivity index (χ1n) is 6.65. The van der Waals surface area contributed by atoms with E-state index in [2.05, 4.69) is 11.9 Å². The number of pyridine rings is 1. The monoisotopic (exact) mass is 239 g/mol. The van der Waals surface area contributed by atoms with E-state index < -0.39 is 0 Å². The van der Waals surface area contributed by atoms with Crippen molar-refractivity contribution in [3.05, 3.63) is 42.1 Å². The summed E-state index contributed by atoms with van der Waals surface area (Å²) >= 11 is 0. The number of carbonyl (C=O) groups excluding carboxylic acids is 1. The molecule has 3 rings (SSSR count). The van der Waals surface area contributed by atoms with Crippen molar-refractivity contribution in [1.29, 1.82) is 0 Å². The molecular formula is C16H17NO. The van der Waals surface area contributed by atoms with Gasteiger partial charge in [0.25, 0.3) is 0 Å². The highest BCUT2D eigenvalue weighted by molar-refractivity contribution is 6.00. The predicted octanol–water partition coefficient (Wildman–Crippen LogP) is 3.85. The van der Waals surface area contributed by atoms with E-state index in [0.717, 1.165) is 22.9 Å². The Morgan fingerprint density at radius 2 is 2.17 bits per heavy atom. The zero-order valence-electron chi connectivity index (χ0n) is 10.6. The molecule has 0 spiro atoms. The van der Waals surface area contributed by atoms with Gasteiger partial charge in [-0.1, -0.05) is 31.5 Å². The van der Waals surface area contributed by atoms with Crippen LogP contribution in [0, 0.1) is 11.8 Å². The van der Waals surface area contributed by atoms with Crippen molar-refractivity contribution in [3.63, 3.8) is 0 Å². The Bertz CT molecular complexity index is 590. The molecule has 1 aromatic carbocycles. The molecule has 1 saturated carbocycles. The van der Waals surface area contributed by atoms with Gasteiger partial charge in [-0.25, -0.2) is 0 Å². The molecular weight excluding hydrogens is 222 g/mol. The van der Waals surface area contributed by atoms with Crippen molar-refractivity contribution in [1.82, 2.24) is 4.98 Å². The molecule has 1 aliphatic rings. The summed E-state index contributed by atoms with van der Waals surface area (Å²) in [6.45, 7) is 2.19. The van der Waals surface area contributed by atoms with Crippen molar-refractivity contribution in [3.8, 4) is 0 Å². The third-order valence-corrected chi connectivity index (χ3v) is 4.09. The zero-order chi connectivity index (χ0) is 12.5. The van der Waals surface area contributed by atoms with E-state index in [1.54, 1.807) is 6.20 Å². The molecule has 2 atom stereocenters. The van der Waals surface area contributed by atoms with Crippen LogP contribution in [0.4, 0.5) is 0 Å². The minimum absolute atomic E-state index is 0.214. The number of carbonyl (C=O) groups is 1. The van der Waals surface area contributed by atoms with E-state index in [1.807, 2.05) is 30.3 Å². The summed E-state index contributed by atoms with van der Waals surface area (Å²) in [6, 6.07) is 9.81. The second-order valence-corrected chi connectivity index (χ2v) is 5.29. The van der Waals surface area contributed by atoms with Crippen LogP contribution in [-0.2, 0) is 0 Å². The highest BCUT2D eigenvalue weighted by Gasteiger charge is 2.30. The predicted molar refractivity (Wildman–Crippen MR) is 72.6 cm³/mol. The summed E-state index contributed by atoms with van der Waals surface area (Å²) in [6.07, 6.45) is 5.18. The van der Waals surface area contributed by atoms with Crippen molar-refractivity contribution >= 4 is 16.7 Å². The number of hydrogen-bond donors (Lipinski definition) is 0. The first-order valence-corrected chi connectivity index (χ1v) is 6.65. The number of rotatable bonds is 2. The summed E-state index contributed by atoms with van der Waals surface area (Å²) in [7, 11) is 0. The van der Waals surface area contributed by atoms with Gasteiger partial charge in [-0.2, -0.15) is 0 Å². The van der Waals surface area contributed by atoms with E-state index in [4.69, 9.17) is 0 Å². The fourth-order valence-corrected chi connectivity index (χ4v) is 2.97. The Labute approximate surface area is 107 Å². The van der Waals surface area contributed by atoms with Gasteiger partial charge in [0.05, 0.1) is 5.52 Å². The lowest BCUT2D eigenvalue weighted by Gasteiger charge is -2.14. The molecule has 2 heteroatoms. The SMILES string of the molecule is CC1CCCC1C(=O)c1ccc2cccnc2c1. The minimum atomic E-state index is 0.214. The van der Waals surface area contributed by atoms with E-state index in [-0.39, 0.29) is 5.92 Å². The van der Waals surface area contributed by atoms with Crippen LogP contribution in [0.3, 0.4) is 0 Å². The lowest BCUT2D eigenvalue weighted by molar-refractivity contribution is 0.0897. The lowest BCUT2D eigenvalue weighted by atomic mass is 9.89. The summed E-state index contributed by atoms with van der Waals surface area (Å²) < 4.78 is 0. The van der Waals surface area contributed by atoms with Crippen LogP contribution in [-0.4, -0.2) is 10.8 Å². The normalized spacial score (nSPS) is 23.4. The molecule has 1 aromatic heterocycles. The largest absolute Gasteiger partial charge is 0.294 e. The Kier molecular flexibility index (Phi) is 2.86. The standard InChI is InChI=1S/C16H17NO/c1-11-4-2-6-14(11)16(18)13-8-7-12-5-3-9-17-15(12)10-13/h3,5,7-11,14H,2,4,6H2,1H3. The molecule has 0 aliphatic heterocycles. The summed E-state index contributed by atoms with van der Waals surface area (Å²) in [5.74, 6) is 1.04. The van der Waals surface area contributed by atoms with Crippen molar-refractivity contribution in [2.75, 3.05) is 0 Å². The second kappa shape index (κ2) is 4.52. The second-order valence-electron chi connectivity index (χ2n) is 5.29. The molecule has 18 heavy (non-hydrogen) atoms. The highest BCUT2D eigenvalue weighted by Crippen LogP contribution is 2.34. The van der Waals surface area contributed by atoms with Gasteiger partial charge in [0, 0.05) is 23.1 Å². The summed E-state index contributed by atoms with van der Waals surface area (Å²) in [5, 5.41) is 1.09. The molecule has 1 fully saturated rings. The van der Waals surface area contributed by atoms with E-state index >= 15 is 0 Å². The average molecular weight is 239 g/mol. The molecule has 92 valence electrons. The van der Waals surface area contributed by atoms with Crippen LogP contribution in [0.25, 0.3) is 10.9 Å². The van der Waals surface area contributed by atoms with Gasteiger partial charge in [0.15, 0.2) is 5.78 Å². The topological polar surface area (TPSA) is 30.0 Å². The fourth-order valence-electron chi connectivity index (χ4n) is 2.97. The van der Waals surface area contributed by atoms with Crippen LogP contribution in [0.15, 0.2) is 36.5 Å². The fraction of sp³-hybridized carbons (Fsp3) is 0.375. The Balaban J connectivity index is 1.96. The van der Waals surface area contributed by atoms with Crippen molar-refractivity contribution < 1.29 is 4.79 Å². The smallest absolute Gasteiger partial charge is 0.166 e. The maximum Gasteiger partial charge on any atom is 0.166 e. The summed E-state index contributed by atoms with van der Waals surface area (Å²) in [5.41, 5.74) is 1.73. The van der Waals surface area contributed by atoms with E-state index in [9.17, 15) is 4.79 Å². The number of benzene rings is 1. The van der Waals surface area contributed by atoms with Crippen molar-refractivity contribution in [2.24, 2.45) is 11.8 Å². The average Bonchev–Trinajstić information content (AvgIpc) is 2.83. The number of nitrogens with zero attached hydrogens (tertiary/aromatic N) is 1. The molecule has 2 aromatic rings. The molecule has 0 radical (unpaired) electrons. The quantitative estimate of drug-likeness (QED) is 0.745. The number of ketones is 1. The van der Waals surface area contributed by atoms with Crippen LogP contribution in [0.1, 0.15) is 36.5 Å². The molecule has 0 amide bonds. The Morgan fingerprint density at radius 1 is 1.28 bits per heavy atom. The van der Waals surface area contributed by atoms with E-state index in [0.29, 0.717) is 11.7 Å². The van der Waals surface area contributed by atoms with Gasteiger partial charge >= 0.3 is 0 Å². The van der Waals surface area contributed by atoms with Crippen LogP contribution < -0.4 is 0 Å². The van der Waals surface area contributed by atoms with E-state index in [1.165, 1.54) is 12.8 Å². The number of Topliss-reactive ketones (excluding diaryl/α,β-unsaturated/α-hetero) is 1. The van der Waals surface area contributed by atoms with Crippen molar-refractivity contribution in [2.45, 2.75) is 26.2 Å². The molecule has 2 unspecified atom stereocenters. The maximum absolute atomic E-state index is 12.5. The molecule has 0 bridgehead atoms. The highest BCUT2D eigenvalue weighted by atomic mass is 16.1. The zero-order valence-corrected chi connectivity index (χ0v) is 10.6. The van der Waals surface area contributed by atoms with Gasteiger partial charge in [-0.3, -0.25) is 9.78 Å². The van der Waals surface area contributed by atoms with Crippen LogP contribution >= 0.6 is 0 Å². The molecule has 0 saturated heterocycles. The van der Waals surface area contributed by atoms with Gasteiger partial charge in [0.1, 0.15) is 0 Å². The number of fused-ring (bicyclic) bond motifs is 1. The van der Waals surface area contributed by atoms with Gasteiger partial charge in [0.2, 0.25) is 0 Å². The first-order chi connectivity index (χ1) is 8.75. The molecule has 2 nitrogen and oxygen atoms in total. The summed E-state index contributed by atoms with van der Waals surface area (Å²) in [4.78, 5) is 16.8. The van der Waals surface area contributed by atoms with Gasteiger partial charge in [-0.05, 0) is 30.9 Å². The minimum Gasteiger partial charge on any atom is -0.294 e. The lowest BCUT2D eigenvalue weighted by Crippen LogP contribution is -2.17. The number of aromatic nitrogens is 1. The molecule has 1 heterocycles. The van der Waals surface area contributed by atoms with Gasteiger partial charge < -0.3 is 0 Å². The van der Waals surface area contributed by atoms with Crippen LogP contribution in [0.5, 0.6) is 0 Å². The first kappa shape index (κ1) is 11.4. The van der Waals surface area contributed by atoms with Gasteiger partial charge in [-0.15, -0.1) is 0 Å². The maximum atomic E-state index is 12.5. The Morgan fingerprint density at radius 3 is 2.94 bits per heavy atom. The molecule has 0 N–H and O–H groups in total. The third-order valence-electron chi connectivity index (χ3n) is 4.09.